The minimum atomic E-state index is -0.579. The van der Waals surface area contributed by atoms with Gasteiger partial charge in [-0.1, -0.05) is 18.2 Å². The summed E-state index contributed by atoms with van der Waals surface area (Å²) in [5, 5.41) is 8.12. The summed E-state index contributed by atoms with van der Waals surface area (Å²) in [5.41, 5.74) is 4.48. The number of nitrogens with zero attached hydrogens (tertiary/aromatic N) is 1. The molecule has 0 radical (unpaired) electrons. The van der Waals surface area contributed by atoms with E-state index in [-0.39, 0.29) is 12.6 Å². The van der Waals surface area contributed by atoms with Crippen LogP contribution < -0.4 is 16.0 Å². The average molecular weight is 382 g/mol. The topological polar surface area (TPSA) is 92.4 Å². The summed E-state index contributed by atoms with van der Waals surface area (Å²) in [5.74, 6) is 0. The summed E-state index contributed by atoms with van der Waals surface area (Å²) in [6, 6.07) is 13.9. The van der Waals surface area contributed by atoms with E-state index in [1.807, 2.05) is 31.2 Å². The molecule has 0 unspecified atom stereocenters. The fourth-order valence-electron chi connectivity index (χ4n) is 2.29. The lowest BCUT2D eigenvalue weighted by atomic mass is 10.2. The van der Waals surface area contributed by atoms with Crippen molar-refractivity contribution in [3.8, 4) is 0 Å². The molecule has 0 fully saturated rings. The number of urea groups is 1. The molecule has 0 spiro atoms. The van der Waals surface area contributed by atoms with Crippen molar-refractivity contribution in [3.63, 3.8) is 0 Å². The fraction of sp³-hybridized carbons (Fsp3) is 0.105. The third-order valence-electron chi connectivity index (χ3n) is 3.47. The largest absolute Gasteiger partial charge is 0.444 e. The second kappa shape index (κ2) is 8.81. The molecule has 3 rings (SSSR count). The molecule has 3 aromatic rings. The maximum absolute atomic E-state index is 12.1. The molecule has 1 heterocycles. The average Bonchev–Trinajstić information content (AvgIpc) is 3.14. The van der Waals surface area contributed by atoms with Gasteiger partial charge in [0.15, 0.2) is 0 Å². The minimum absolute atomic E-state index is 0.160. The summed E-state index contributed by atoms with van der Waals surface area (Å²) in [6.07, 6.45) is 1.07. The first-order chi connectivity index (χ1) is 13.1. The maximum atomic E-state index is 12.1. The van der Waals surface area contributed by atoms with Gasteiger partial charge in [0.1, 0.15) is 6.61 Å². The number of carbonyl (C=O) groups is 2. The number of benzene rings is 2. The van der Waals surface area contributed by atoms with Crippen LogP contribution in [-0.4, -0.2) is 17.1 Å². The molecule has 2 aromatic carbocycles. The minimum Gasteiger partial charge on any atom is -0.444 e. The van der Waals surface area contributed by atoms with E-state index in [9.17, 15) is 9.59 Å². The zero-order chi connectivity index (χ0) is 19.1. The van der Waals surface area contributed by atoms with Gasteiger partial charge in [-0.05, 0) is 42.8 Å². The Labute approximate surface area is 160 Å². The number of ether oxygens (including phenoxy) is 1. The highest BCUT2D eigenvalue weighted by atomic mass is 32.1. The standard InChI is InChI=1S/C19H18N4O3S/c1-13-4-2-5-14(8-13)21-18(24)22-15-6-3-7-16(9-15)23-19(25)26-11-17-10-20-12-27-17/h2-10,12H,11H2,1H3,(H,23,25)(H2,21,22,24). The lowest BCUT2D eigenvalue weighted by Gasteiger charge is -2.10. The highest BCUT2D eigenvalue weighted by molar-refractivity contribution is 7.09. The Balaban J connectivity index is 1.53. The number of rotatable bonds is 5. The van der Waals surface area contributed by atoms with Crippen LogP contribution in [0.5, 0.6) is 0 Å². The smallest absolute Gasteiger partial charge is 0.411 e. The summed E-state index contributed by atoms with van der Waals surface area (Å²) >= 11 is 1.41. The van der Waals surface area contributed by atoms with Crippen LogP contribution in [0.4, 0.5) is 26.7 Å². The van der Waals surface area contributed by atoms with Gasteiger partial charge in [0, 0.05) is 23.3 Å². The number of hydrogen-bond acceptors (Lipinski definition) is 5. The number of amides is 3. The first-order valence-electron chi connectivity index (χ1n) is 8.14. The number of carbonyl (C=O) groups excluding carboxylic acids is 2. The molecule has 27 heavy (non-hydrogen) atoms. The SMILES string of the molecule is Cc1cccc(NC(=O)Nc2cccc(NC(=O)OCc3cncs3)c2)c1. The molecule has 138 valence electrons. The van der Waals surface area contributed by atoms with E-state index in [1.54, 1.807) is 36.0 Å². The Morgan fingerprint density at radius 2 is 1.67 bits per heavy atom. The lowest BCUT2D eigenvalue weighted by molar-refractivity contribution is 0.156. The fourth-order valence-corrected chi connectivity index (χ4v) is 2.80. The normalized spacial score (nSPS) is 10.1. The van der Waals surface area contributed by atoms with Crippen molar-refractivity contribution in [2.75, 3.05) is 16.0 Å². The van der Waals surface area contributed by atoms with Crippen molar-refractivity contribution in [2.45, 2.75) is 13.5 Å². The number of nitrogens with one attached hydrogen (secondary N) is 3. The van der Waals surface area contributed by atoms with Gasteiger partial charge in [0.2, 0.25) is 0 Å². The van der Waals surface area contributed by atoms with E-state index in [2.05, 4.69) is 20.9 Å². The molecule has 0 aliphatic rings. The third kappa shape index (κ3) is 5.82. The quantitative estimate of drug-likeness (QED) is 0.588. The zero-order valence-corrected chi connectivity index (χ0v) is 15.4. The van der Waals surface area contributed by atoms with Gasteiger partial charge < -0.3 is 15.4 Å². The molecule has 3 amide bonds. The van der Waals surface area contributed by atoms with Crippen LogP contribution >= 0.6 is 11.3 Å². The van der Waals surface area contributed by atoms with E-state index in [0.29, 0.717) is 17.1 Å². The third-order valence-corrected chi connectivity index (χ3v) is 4.22. The molecule has 1 aromatic heterocycles. The molecule has 0 aliphatic carbocycles. The second-order valence-electron chi connectivity index (χ2n) is 5.70. The predicted octanol–water partition coefficient (Wildman–Crippen LogP) is 4.84. The zero-order valence-electron chi connectivity index (χ0n) is 14.6. The van der Waals surface area contributed by atoms with Crippen molar-refractivity contribution in [1.29, 1.82) is 0 Å². The monoisotopic (exact) mass is 382 g/mol. The molecule has 0 aliphatic heterocycles. The molecular formula is C19H18N4O3S. The van der Waals surface area contributed by atoms with E-state index in [4.69, 9.17) is 4.74 Å². The van der Waals surface area contributed by atoms with Crippen molar-refractivity contribution >= 4 is 40.5 Å². The highest BCUT2D eigenvalue weighted by Crippen LogP contribution is 2.17. The molecule has 7 nitrogen and oxygen atoms in total. The van der Waals surface area contributed by atoms with E-state index in [0.717, 1.165) is 10.4 Å². The summed E-state index contributed by atoms with van der Waals surface area (Å²) < 4.78 is 5.12. The van der Waals surface area contributed by atoms with Crippen LogP contribution in [0.25, 0.3) is 0 Å². The van der Waals surface area contributed by atoms with Crippen LogP contribution in [-0.2, 0) is 11.3 Å². The molecule has 0 bridgehead atoms. The van der Waals surface area contributed by atoms with Crippen LogP contribution in [0.2, 0.25) is 0 Å². The van der Waals surface area contributed by atoms with E-state index >= 15 is 0 Å². The number of aryl methyl sites for hydroxylation is 1. The van der Waals surface area contributed by atoms with Crippen LogP contribution in [0.15, 0.2) is 60.2 Å². The molecule has 3 N–H and O–H groups in total. The van der Waals surface area contributed by atoms with Crippen molar-refractivity contribution < 1.29 is 14.3 Å². The second-order valence-corrected chi connectivity index (χ2v) is 6.67. The first kappa shape index (κ1) is 18.4. The first-order valence-corrected chi connectivity index (χ1v) is 9.02. The summed E-state index contributed by atoms with van der Waals surface area (Å²) in [7, 11) is 0. The Hall–Kier alpha value is -3.39. The van der Waals surface area contributed by atoms with Gasteiger partial charge >= 0.3 is 12.1 Å². The summed E-state index contributed by atoms with van der Waals surface area (Å²) in [4.78, 5) is 28.8. The number of thiazole rings is 1. The lowest BCUT2D eigenvalue weighted by Crippen LogP contribution is -2.19. The van der Waals surface area contributed by atoms with E-state index in [1.165, 1.54) is 11.3 Å². The Bertz CT molecular complexity index is 928. The molecule has 0 atom stereocenters. The molecule has 0 saturated heterocycles. The van der Waals surface area contributed by atoms with Crippen LogP contribution in [0.1, 0.15) is 10.4 Å². The van der Waals surface area contributed by atoms with Crippen molar-refractivity contribution in [3.05, 3.63) is 70.7 Å². The Morgan fingerprint density at radius 3 is 2.33 bits per heavy atom. The number of aromatic nitrogens is 1. The van der Waals surface area contributed by atoms with Gasteiger partial charge in [0.25, 0.3) is 0 Å². The molecule has 0 saturated carbocycles. The van der Waals surface area contributed by atoms with Gasteiger partial charge in [0.05, 0.1) is 10.4 Å². The maximum Gasteiger partial charge on any atom is 0.411 e. The van der Waals surface area contributed by atoms with Gasteiger partial charge in [-0.25, -0.2) is 9.59 Å². The number of hydrogen-bond donors (Lipinski definition) is 3. The van der Waals surface area contributed by atoms with Gasteiger partial charge in [-0.2, -0.15) is 0 Å². The van der Waals surface area contributed by atoms with Crippen LogP contribution in [0, 0.1) is 6.92 Å². The van der Waals surface area contributed by atoms with E-state index < -0.39 is 6.09 Å². The Kier molecular flexibility index (Phi) is 6.01. The molecule has 8 heteroatoms. The van der Waals surface area contributed by atoms with Gasteiger partial charge in [-0.3, -0.25) is 10.3 Å². The van der Waals surface area contributed by atoms with Crippen molar-refractivity contribution in [1.82, 2.24) is 4.98 Å². The summed E-state index contributed by atoms with van der Waals surface area (Å²) in [6.45, 7) is 2.11. The van der Waals surface area contributed by atoms with Crippen LogP contribution in [0.3, 0.4) is 0 Å². The number of anilines is 3. The molecular weight excluding hydrogens is 364 g/mol. The van der Waals surface area contributed by atoms with Crippen molar-refractivity contribution in [2.24, 2.45) is 0 Å². The Morgan fingerprint density at radius 1 is 1.00 bits per heavy atom. The van der Waals surface area contributed by atoms with Gasteiger partial charge in [-0.15, -0.1) is 11.3 Å². The highest BCUT2D eigenvalue weighted by Gasteiger charge is 2.07. The predicted molar refractivity (Wildman–Crippen MR) is 106 cm³/mol.